The number of anilines is 1. The van der Waals surface area contributed by atoms with Crippen molar-refractivity contribution in [3.63, 3.8) is 0 Å². The minimum absolute atomic E-state index is 0. The fourth-order valence-electron chi connectivity index (χ4n) is 4.47. The zero-order valence-electron chi connectivity index (χ0n) is 18.8. The molecule has 33 heavy (non-hydrogen) atoms. The number of nitrogen functional groups attached to an aromatic ring is 1. The van der Waals surface area contributed by atoms with E-state index in [1.807, 2.05) is 12.1 Å². The number of aromatic nitrogens is 1. The average Bonchev–Trinajstić information content (AvgIpc) is 3.13. The van der Waals surface area contributed by atoms with Gasteiger partial charge in [0.05, 0.1) is 0 Å². The predicted octanol–water partition coefficient (Wildman–Crippen LogP) is 5.19. The molecule has 2 aromatic carbocycles. The van der Waals surface area contributed by atoms with E-state index in [1.54, 1.807) is 0 Å². The highest BCUT2D eigenvalue weighted by Gasteiger charge is 2.32. The standard InChI is InChI=1S/C26H32N4.3ClH/c27-26-15-7-14-24(29-26)17-23-19-30(18-22-11-5-2-6-12-22)20-25(23)28-16-8-13-21-9-3-1-4-10-21;;;/h1-7,9-12,14-15,23,25,28H,8,13,16-20H2,(H2,27,29);3*1H/t23-,25-;;;/m0.../s1. The fraction of sp³-hybridized carbons (Fsp3) is 0.346. The lowest BCUT2D eigenvalue weighted by molar-refractivity contribution is 0.314. The van der Waals surface area contributed by atoms with Crippen LogP contribution in [-0.4, -0.2) is 35.6 Å². The SMILES string of the molecule is Cl.Cl.Cl.Nc1cccc(C[C@H]2CN(Cc3ccccc3)C[C@@H]2NCCCc2ccccc2)n1. The number of likely N-dealkylation sites (tertiary alicyclic amines) is 1. The number of nitrogens with one attached hydrogen (secondary N) is 1. The first-order chi connectivity index (χ1) is 14.8. The van der Waals surface area contributed by atoms with Crippen molar-refractivity contribution in [1.82, 2.24) is 15.2 Å². The van der Waals surface area contributed by atoms with E-state index in [4.69, 9.17) is 5.73 Å². The molecule has 0 aliphatic carbocycles. The van der Waals surface area contributed by atoms with Crippen LogP contribution in [0.1, 0.15) is 23.2 Å². The maximum Gasteiger partial charge on any atom is 0.123 e. The highest BCUT2D eigenvalue weighted by atomic mass is 35.5. The van der Waals surface area contributed by atoms with Gasteiger partial charge in [-0.2, -0.15) is 0 Å². The molecule has 7 heteroatoms. The van der Waals surface area contributed by atoms with Crippen LogP contribution in [0.5, 0.6) is 0 Å². The largest absolute Gasteiger partial charge is 0.384 e. The molecule has 1 aliphatic rings. The second-order valence-corrected chi connectivity index (χ2v) is 8.35. The lowest BCUT2D eigenvalue weighted by atomic mass is 9.97. The van der Waals surface area contributed by atoms with Crippen LogP contribution in [0.25, 0.3) is 0 Å². The van der Waals surface area contributed by atoms with E-state index in [1.165, 1.54) is 11.1 Å². The van der Waals surface area contributed by atoms with Gasteiger partial charge in [-0.1, -0.05) is 66.7 Å². The Balaban J connectivity index is 0.00000181. The zero-order valence-corrected chi connectivity index (χ0v) is 21.3. The molecule has 180 valence electrons. The van der Waals surface area contributed by atoms with Crippen molar-refractivity contribution in [3.05, 3.63) is 95.7 Å². The summed E-state index contributed by atoms with van der Waals surface area (Å²) in [5.41, 5.74) is 9.80. The molecular formula is C26H35Cl3N4. The Morgan fingerprint density at radius 3 is 2.15 bits per heavy atom. The number of rotatable bonds is 9. The first-order valence-corrected chi connectivity index (χ1v) is 11.0. The third-order valence-electron chi connectivity index (χ3n) is 5.96. The summed E-state index contributed by atoms with van der Waals surface area (Å²) in [6, 6.07) is 28.0. The van der Waals surface area contributed by atoms with E-state index >= 15 is 0 Å². The number of nitrogens with zero attached hydrogens (tertiary/aromatic N) is 2. The number of nitrogens with two attached hydrogens (primary N) is 1. The van der Waals surface area contributed by atoms with Gasteiger partial charge in [0.2, 0.25) is 0 Å². The second-order valence-electron chi connectivity index (χ2n) is 8.35. The van der Waals surface area contributed by atoms with E-state index < -0.39 is 0 Å². The van der Waals surface area contributed by atoms with Crippen LogP contribution in [-0.2, 0) is 19.4 Å². The zero-order chi connectivity index (χ0) is 20.6. The van der Waals surface area contributed by atoms with Gasteiger partial charge in [-0.3, -0.25) is 4.90 Å². The van der Waals surface area contributed by atoms with Gasteiger partial charge in [-0.25, -0.2) is 4.98 Å². The molecule has 0 amide bonds. The van der Waals surface area contributed by atoms with Crippen molar-refractivity contribution in [2.24, 2.45) is 5.92 Å². The third kappa shape index (κ3) is 9.15. The molecular weight excluding hydrogens is 475 g/mol. The smallest absolute Gasteiger partial charge is 0.123 e. The molecule has 1 saturated heterocycles. The number of pyridine rings is 1. The van der Waals surface area contributed by atoms with Crippen LogP contribution >= 0.6 is 37.2 Å². The number of benzene rings is 2. The lowest BCUT2D eigenvalue weighted by Gasteiger charge is -2.20. The Morgan fingerprint density at radius 1 is 0.818 bits per heavy atom. The third-order valence-corrected chi connectivity index (χ3v) is 5.96. The highest BCUT2D eigenvalue weighted by Crippen LogP contribution is 2.23. The summed E-state index contributed by atoms with van der Waals surface area (Å²) >= 11 is 0. The van der Waals surface area contributed by atoms with E-state index in [0.29, 0.717) is 17.8 Å². The Kier molecular flexibility index (Phi) is 13.4. The van der Waals surface area contributed by atoms with E-state index in [-0.39, 0.29) is 37.2 Å². The topological polar surface area (TPSA) is 54.2 Å². The van der Waals surface area contributed by atoms with Crippen LogP contribution < -0.4 is 11.1 Å². The van der Waals surface area contributed by atoms with Crippen molar-refractivity contribution in [3.8, 4) is 0 Å². The van der Waals surface area contributed by atoms with Gasteiger partial charge < -0.3 is 11.1 Å². The second kappa shape index (κ2) is 15.2. The Morgan fingerprint density at radius 2 is 1.48 bits per heavy atom. The molecule has 0 saturated carbocycles. The van der Waals surface area contributed by atoms with E-state index in [2.05, 4.69) is 81.9 Å². The van der Waals surface area contributed by atoms with Gasteiger partial charge in [0, 0.05) is 31.4 Å². The summed E-state index contributed by atoms with van der Waals surface area (Å²) in [5.74, 6) is 1.15. The minimum Gasteiger partial charge on any atom is -0.384 e. The molecule has 1 aromatic heterocycles. The van der Waals surface area contributed by atoms with Gasteiger partial charge >= 0.3 is 0 Å². The highest BCUT2D eigenvalue weighted by molar-refractivity contribution is 5.86. The normalized spacial score (nSPS) is 17.5. The fourth-order valence-corrected chi connectivity index (χ4v) is 4.47. The molecule has 0 bridgehead atoms. The summed E-state index contributed by atoms with van der Waals surface area (Å²) in [4.78, 5) is 7.12. The lowest BCUT2D eigenvalue weighted by Crippen LogP contribution is -2.38. The summed E-state index contributed by atoms with van der Waals surface area (Å²) in [6.45, 7) is 4.21. The number of hydrogen-bond donors (Lipinski definition) is 2. The Hall–Kier alpha value is -1.82. The van der Waals surface area contributed by atoms with Gasteiger partial charge in [0.1, 0.15) is 5.82 Å². The van der Waals surface area contributed by atoms with Crippen molar-refractivity contribution >= 4 is 43.0 Å². The molecule has 2 heterocycles. The van der Waals surface area contributed by atoms with Crippen LogP contribution in [0.15, 0.2) is 78.9 Å². The molecule has 1 aliphatic heterocycles. The van der Waals surface area contributed by atoms with E-state index in [9.17, 15) is 0 Å². The summed E-state index contributed by atoms with van der Waals surface area (Å²) in [5, 5.41) is 3.85. The maximum absolute atomic E-state index is 5.91. The van der Waals surface area contributed by atoms with Crippen molar-refractivity contribution in [2.45, 2.75) is 31.8 Å². The van der Waals surface area contributed by atoms with Gasteiger partial charge in [0.15, 0.2) is 0 Å². The molecule has 2 atom stereocenters. The number of halogens is 3. The minimum atomic E-state index is 0. The quantitative estimate of drug-likeness (QED) is 0.390. The van der Waals surface area contributed by atoms with Crippen molar-refractivity contribution in [1.29, 1.82) is 0 Å². The Bertz CT molecular complexity index is 912. The van der Waals surface area contributed by atoms with Crippen molar-refractivity contribution in [2.75, 3.05) is 25.4 Å². The first kappa shape index (κ1) is 29.2. The van der Waals surface area contributed by atoms with Gasteiger partial charge in [-0.15, -0.1) is 37.2 Å². The molecule has 3 aromatic rings. The van der Waals surface area contributed by atoms with Gasteiger partial charge in [0.25, 0.3) is 0 Å². The molecule has 3 N–H and O–H groups in total. The molecule has 0 spiro atoms. The average molecular weight is 510 g/mol. The van der Waals surface area contributed by atoms with Crippen LogP contribution in [0, 0.1) is 5.92 Å². The molecule has 4 rings (SSSR count). The van der Waals surface area contributed by atoms with E-state index in [0.717, 1.165) is 51.1 Å². The monoisotopic (exact) mass is 508 g/mol. The van der Waals surface area contributed by atoms with Crippen LogP contribution in [0.3, 0.4) is 0 Å². The number of aryl methyl sites for hydroxylation is 1. The Labute approximate surface area is 216 Å². The summed E-state index contributed by atoms with van der Waals surface area (Å²) in [6.07, 6.45) is 3.24. The van der Waals surface area contributed by atoms with Gasteiger partial charge in [-0.05, 0) is 55.0 Å². The molecule has 0 radical (unpaired) electrons. The van der Waals surface area contributed by atoms with Crippen LogP contribution in [0.4, 0.5) is 5.82 Å². The maximum atomic E-state index is 5.91. The summed E-state index contributed by atoms with van der Waals surface area (Å²) in [7, 11) is 0. The predicted molar refractivity (Wildman–Crippen MR) is 146 cm³/mol. The molecule has 0 unspecified atom stereocenters. The van der Waals surface area contributed by atoms with Crippen molar-refractivity contribution < 1.29 is 0 Å². The molecule has 4 nitrogen and oxygen atoms in total. The number of hydrogen-bond acceptors (Lipinski definition) is 4. The first-order valence-electron chi connectivity index (χ1n) is 11.0. The summed E-state index contributed by atoms with van der Waals surface area (Å²) < 4.78 is 0. The molecule has 1 fully saturated rings. The van der Waals surface area contributed by atoms with Crippen LogP contribution in [0.2, 0.25) is 0 Å².